The van der Waals surface area contributed by atoms with E-state index < -0.39 is 4.92 Å². The fraction of sp³-hybridized carbons (Fsp3) is 0.154. The van der Waals surface area contributed by atoms with Gasteiger partial charge in [-0.05, 0) is 53.4 Å². The van der Waals surface area contributed by atoms with Gasteiger partial charge in [-0.2, -0.15) is 0 Å². The molecule has 0 aliphatic heterocycles. The van der Waals surface area contributed by atoms with Crippen molar-refractivity contribution in [3.63, 3.8) is 0 Å². The minimum atomic E-state index is -0.403. The van der Waals surface area contributed by atoms with Crippen molar-refractivity contribution < 1.29 is 14.4 Å². The lowest BCUT2D eigenvalue weighted by Gasteiger charge is -2.07. The number of rotatable bonds is 8. The molecule has 1 aromatic heterocycles. The van der Waals surface area contributed by atoms with Crippen LogP contribution in [-0.4, -0.2) is 30.3 Å². The van der Waals surface area contributed by atoms with E-state index >= 15 is 0 Å². The van der Waals surface area contributed by atoms with Gasteiger partial charge in [-0.15, -0.1) is 0 Å². The van der Waals surface area contributed by atoms with Crippen molar-refractivity contribution in [2.24, 2.45) is 4.99 Å². The molecular weight excluding hydrogens is 450 g/mol. The maximum Gasteiger partial charge on any atom is 0.269 e. The Bertz CT molecular complexity index is 1330. The summed E-state index contributed by atoms with van der Waals surface area (Å²) in [5.74, 6) is 1.26. The third-order valence-electron chi connectivity index (χ3n) is 5.32. The fourth-order valence-electron chi connectivity index (χ4n) is 3.45. The highest BCUT2D eigenvalue weighted by Crippen LogP contribution is 2.40. The highest BCUT2D eigenvalue weighted by Gasteiger charge is 2.16. The zero-order valence-electron chi connectivity index (χ0n) is 19.0. The van der Waals surface area contributed by atoms with Crippen molar-refractivity contribution in [1.82, 2.24) is 4.98 Å². The molecule has 0 aliphatic rings. The number of benzene rings is 3. The number of thiazole rings is 1. The first kappa shape index (κ1) is 23.1. The molecule has 7 nitrogen and oxygen atoms in total. The molecule has 0 saturated heterocycles. The number of ether oxygens (including phenoxy) is 2. The molecule has 172 valence electrons. The number of methoxy groups -OCH3 is 2. The summed E-state index contributed by atoms with van der Waals surface area (Å²) in [6.07, 6.45) is 2.68. The minimum absolute atomic E-state index is 0.0498. The number of nitrogens with zero attached hydrogens (tertiary/aromatic N) is 3. The van der Waals surface area contributed by atoms with E-state index in [1.807, 2.05) is 30.3 Å². The van der Waals surface area contributed by atoms with Crippen LogP contribution in [0.4, 0.5) is 10.8 Å². The number of hydrogen-bond donors (Lipinski definition) is 0. The standard InChI is InChI=1S/C26H23N3O4S/c1-4-17-5-8-19(9-6-17)24-25(20-10-12-21(13-11-20)29(30)31)34-26(28-24)27-16-18-7-14-22(32-2)23(15-18)33-3/h5-16H,4H2,1-3H3. The summed E-state index contributed by atoms with van der Waals surface area (Å²) in [6.45, 7) is 2.11. The largest absolute Gasteiger partial charge is 0.493 e. The van der Waals surface area contributed by atoms with Crippen LogP contribution in [0, 0.1) is 10.1 Å². The first-order valence-electron chi connectivity index (χ1n) is 10.6. The van der Waals surface area contributed by atoms with Crippen LogP contribution in [0.15, 0.2) is 71.7 Å². The molecule has 8 heteroatoms. The maximum atomic E-state index is 11.1. The first-order chi connectivity index (χ1) is 16.5. The van der Waals surface area contributed by atoms with Gasteiger partial charge in [-0.1, -0.05) is 42.5 Å². The summed E-state index contributed by atoms with van der Waals surface area (Å²) in [6, 6.07) is 20.3. The van der Waals surface area contributed by atoms with Crippen molar-refractivity contribution in [1.29, 1.82) is 0 Å². The average Bonchev–Trinajstić information content (AvgIpc) is 3.31. The van der Waals surface area contributed by atoms with Crippen molar-refractivity contribution in [3.8, 4) is 33.2 Å². The fourth-order valence-corrected chi connectivity index (χ4v) is 4.39. The Morgan fingerprint density at radius 2 is 1.65 bits per heavy atom. The second kappa shape index (κ2) is 10.3. The Hall–Kier alpha value is -4.04. The summed E-state index contributed by atoms with van der Waals surface area (Å²) in [5, 5.41) is 11.6. The highest BCUT2D eigenvalue weighted by atomic mass is 32.1. The first-order valence-corrected chi connectivity index (χ1v) is 11.4. The van der Waals surface area contributed by atoms with Crippen LogP contribution in [0.1, 0.15) is 18.1 Å². The van der Waals surface area contributed by atoms with Crippen LogP contribution in [0.5, 0.6) is 11.5 Å². The summed E-state index contributed by atoms with van der Waals surface area (Å²) < 4.78 is 10.7. The molecule has 1 heterocycles. The van der Waals surface area contributed by atoms with E-state index in [9.17, 15) is 10.1 Å². The smallest absolute Gasteiger partial charge is 0.269 e. The number of hydrogen-bond acceptors (Lipinski definition) is 7. The van der Waals surface area contributed by atoms with Crippen LogP contribution >= 0.6 is 11.3 Å². The lowest BCUT2D eigenvalue weighted by Crippen LogP contribution is -1.91. The van der Waals surface area contributed by atoms with Gasteiger partial charge in [0.1, 0.15) is 0 Å². The molecule has 34 heavy (non-hydrogen) atoms. The molecule has 0 spiro atoms. The van der Waals surface area contributed by atoms with E-state index in [-0.39, 0.29) is 5.69 Å². The van der Waals surface area contributed by atoms with Crippen molar-refractivity contribution in [3.05, 3.63) is 88.0 Å². The Balaban J connectivity index is 1.74. The van der Waals surface area contributed by atoms with Gasteiger partial charge < -0.3 is 9.47 Å². The molecule has 0 atom stereocenters. The van der Waals surface area contributed by atoms with E-state index in [1.54, 1.807) is 32.6 Å². The van der Waals surface area contributed by atoms with Crippen molar-refractivity contribution >= 4 is 28.4 Å². The van der Waals surface area contributed by atoms with E-state index in [0.717, 1.165) is 33.7 Å². The molecular formula is C26H23N3O4S. The Morgan fingerprint density at radius 3 is 2.26 bits per heavy atom. The normalized spacial score (nSPS) is 11.0. The maximum absolute atomic E-state index is 11.1. The van der Waals surface area contributed by atoms with E-state index in [1.165, 1.54) is 29.0 Å². The molecule has 0 aliphatic carbocycles. The summed E-state index contributed by atoms with van der Waals surface area (Å²) in [5.41, 5.74) is 4.75. The molecule has 0 unspecified atom stereocenters. The second-order valence-corrected chi connectivity index (χ2v) is 8.38. The monoisotopic (exact) mass is 473 g/mol. The SMILES string of the molecule is CCc1ccc(-c2nc(N=Cc3ccc(OC)c(OC)c3)sc2-c2ccc([N+](=O)[O-])cc2)cc1. The van der Waals surface area contributed by atoms with Gasteiger partial charge in [-0.3, -0.25) is 10.1 Å². The number of aryl methyl sites for hydroxylation is 1. The number of nitro benzene ring substituents is 1. The second-order valence-electron chi connectivity index (χ2n) is 7.40. The van der Waals surface area contributed by atoms with E-state index in [0.29, 0.717) is 16.6 Å². The van der Waals surface area contributed by atoms with Gasteiger partial charge >= 0.3 is 0 Å². The number of aromatic nitrogens is 1. The van der Waals surface area contributed by atoms with Gasteiger partial charge in [0.05, 0.1) is 29.7 Å². The molecule has 0 bridgehead atoms. The van der Waals surface area contributed by atoms with Crippen LogP contribution in [0.2, 0.25) is 0 Å². The predicted octanol–water partition coefficient (Wildman–Crippen LogP) is 6.72. The van der Waals surface area contributed by atoms with Crippen LogP contribution < -0.4 is 9.47 Å². The van der Waals surface area contributed by atoms with Crippen molar-refractivity contribution in [2.75, 3.05) is 14.2 Å². The third kappa shape index (κ3) is 4.97. The topological polar surface area (TPSA) is 86.9 Å². The summed E-state index contributed by atoms with van der Waals surface area (Å²) in [7, 11) is 3.18. The minimum Gasteiger partial charge on any atom is -0.493 e. The van der Waals surface area contributed by atoms with Crippen LogP contribution in [0.25, 0.3) is 21.7 Å². The van der Waals surface area contributed by atoms with Gasteiger partial charge in [0.15, 0.2) is 11.5 Å². The molecule has 0 amide bonds. The summed E-state index contributed by atoms with van der Waals surface area (Å²) >= 11 is 1.43. The highest BCUT2D eigenvalue weighted by molar-refractivity contribution is 7.19. The number of aliphatic imine (C=N–C) groups is 1. The van der Waals surface area contributed by atoms with E-state index in [2.05, 4.69) is 24.0 Å². The Labute approximate surface area is 201 Å². The average molecular weight is 474 g/mol. The van der Waals surface area contributed by atoms with Gasteiger partial charge in [-0.25, -0.2) is 9.98 Å². The predicted molar refractivity (Wildman–Crippen MR) is 136 cm³/mol. The lowest BCUT2D eigenvalue weighted by molar-refractivity contribution is -0.384. The van der Waals surface area contributed by atoms with Crippen molar-refractivity contribution in [2.45, 2.75) is 13.3 Å². The van der Waals surface area contributed by atoms with Gasteiger partial charge in [0.2, 0.25) is 5.13 Å². The molecule has 4 rings (SSSR count). The Kier molecular flexibility index (Phi) is 6.98. The number of non-ortho nitro benzene ring substituents is 1. The Morgan fingerprint density at radius 1 is 0.971 bits per heavy atom. The molecule has 0 N–H and O–H groups in total. The van der Waals surface area contributed by atoms with Gasteiger partial charge in [0.25, 0.3) is 5.69 Å². The quantitative estimate of drug-likeness (QED) is 0.161. The zero-order valence-corrected chi connectivity index (χ0v) is 19.8. The molecule has 0 fully saturated rings. The van der Waals surface area contributed by atoms with Crippen LogP contribution in [0.3, 0.4) is 0 Å². The van der Waals surface area contributed by atoms with Gasteiger partial charge in [0, 0.05) is 23.9 Å². The molecule has 3 aromatic carbocycles. The van der Waals surface area contributed by atoms with Crippen LogP contribution in [-0.2, 0) is 6.42 Å². The lowest BCUT2D eigenvalue weighted by atomic mass is 10.0. The molecule has 0 saturated carbocycles. The molecule has 4 aromatic rings. The number of nitro groups is 1. The van der Waals surface area contributed by atoms with E-state index in [4.69, 9.17) is 14.5 Å². The third-order valence-corrected chi connectivity index (χ3v) is 6.34. The molecule has 0 radical (unpaired) electrons. The zero-order chi connectivity index (χ0) is 24.1. The summed E-state index contributed by atoms with van der Waals surface area (Å²) in [4.78, 5) is 21.0.